The summed E-state index contributed by atoms with van der Waals surface area (Å²) in [7, 11) is 4.06. The van der Waals surface area contributed by atoms with Crippen molar-refractivity contribution in [3.63, 3.8) is 0 Å². The first-order chi connectivity index (χ1) is 12.1. The minimum Gasteiger partial charge on any atom is -0.378 e. The summed E-state index contributed by atoms with van der Waals surface area (Å²) in [5.41, 5.74) is 4.43. The van der Waals surface area contributed by atoms with E-state index in [1.807, 2.05) is 14.1 Å². The van der Waals surface area contributed by atoms with Crippen molar-refractivity contribution in [2.24, 2.45) is 5.92 Å². The molecular weight excluding hydrogens is 330 g/mol. The molecule has 0 bridgehead atoms. The lowest BCUT2D eigenvalue weighted by atomic mass is 9.85. The Hall–Kier alpha value is -2.01. The van der Waals surface area contributed by atoms with Gasteiger partial charge in [-0.25, -0.2) is 0 Å². The molecule has 2 aromatic rings. The molecule has 1 amide bonds. The lowest BCUT2D eigenvalue weighted by molar-refractivity contribution is 0.0935. The molecule has 2 heterocycles. The zero-order valence-corrected chi connectivity index (χ0v) is 15.9. The molecular formula is C20H25N3OS. The van der Waals surface area contributed by atoms with Crippen molar-refractivity contribution in [1.82, 2.24) is 5.32 Å². The average Bonchev–Trinajstić information content (AvgIpc) is 2.99. The maximum atomic E-state index is 12.8. The summed E-state index contributed by atoms with van der Waals surface area (Å²) in [6, 6.07) is 8.34. The molecule has 1 aromatic carbocycles. The molecule has 1 aliphatic carbocycles. The van der Waals surface area contributed by atoms with Crippen LogP contribution in [0.25, 0.3) is 0 Å². The highest BCUT2D eigenvalue weighted by atomic mass is 32.1. The number of benzene rings is 1. The predicted octanol–water partition coefficient (Wildman–Crippen LogP) is 4.18. The first-order valence-corrected chi connectivity index (χ1v) is 9.87. The van der Waals surface area contributed by atoms with E-state index in [4.69, 9.17) is 0 Å². The maximum absolute atomic E-state index is 12.8. The van der Waals surface area contributed by atoms with Crippen LogP contribution in [0.5, 0.6) is 0 Å². The number of thiophene rings is 1. The predicted molar refractivity (Wildman–Crippen MR) is 105 cm³/mol. The van der Waals surface area contributed by atoms with Crippen molar-refractivity contribution in [1.29, 1.82) is 0 Å². The molecule has 25 heavy (non-hydrogen) atoms. The zero-order chi connectivity index (χ0) is 17.6. The largest absolute Gasteiger partial charge is 0.378 e. The molecule has 0 radical (unpaired) electrons. The van der Waals surface area contributed by atoms with Gasteiger partial charge >= 0.3 is 0 Å². The highest BCUT2D eigenvalue weighted by Crippen LogP contribution is 2.43. The van der Waals surface area contributed by atoms with E-state index in [1.165, 1.54) is 23.3 Å². The molecule has 0 unspecified atom stereocenters. The van der Waals surface area contributed by atoms with E-state index in [-0.39, 0.29) is 12.1 Å². The number of rotatable bonds is 3. The van der Waals surface area contributed by atoms with Crippen LogP contribution in [0.4, 0.5) is 10.7 Å². The molecule has 1 aromatic heterocycles. The third-order valence-corrected chi connectivity index (χ3v) is 6.65. The SMILES string of the molecule is CC[C@@H]1CCc2c(sc3c2C(=O)N[C@H](c2ccc(N(C)C)cc2)N3)C1. The van der Waals surface area contributed by atoms with Gasteiger partial charge in [0.1, 0.15) is 11.2 Å². The minimum absolute atomic E-state index is 0.0721. The third-order valence-electron chi connectivity index (χ3n) is 5.47. The number of carbonyl (C=O) groups is 1. The van der Waals surface area contributed by atoms with Gasteiger partial charge < -0.3 is 15.5 Å². The Morgan fingerprint density at radius 1 is 1.20 bits per heavy atom. The molecule has 0 saturated carbocycles. The van der Waals surface area contributed by atoms with Crippen LogP contribution in [0, 0.1) is 5.92 Å². The first-order valence-electron chi connectivity index (χ1n) is 9.06. The van der Waals surface area contributed by atoms with Crippen LogP contribution in [-0.4, -0.2) is 20.0 Å². The van der Waals surface area contributed by atoms with E-state index in [0.29, 0.717) is 0 Å². The van der Waals surface area contributed by atoms with Crippen molar-refractivity contribution in [2.45, 2.75) is 38.8 Å². The van der Waals surface area contributed by atoms with Gasteiger partial charge in [0.25, 0.3) is 5.91 Å². The molecule has 4 rings (SSSR count). The smallest absolute Gasteiger partial charge is 0.256 e. The number of anilines is 2. The van der Waals surface area contributed by atoms with Crippen molar-refractivity contribution >= 4 is 27.9 Å². The summed E-state index contributed by atoms with van der Waals surface area (Å²) in [6.45, 7) is 2.27. The van der Waals surface area contributed by atoms with E-state index in [9.17, 15) is 4.79 Å². The molecule has 132 valence electrons. The topological polar surface area (TPSA) is 44.4 Å². The zero-order valence-electron chi connectivity index (χ0n) is 15.1. The molecule has 1 aliphatic heterocycles. The summed E-state index contributed by atoms with van der Waals surface area (Å²) in [4.78, 5) is 16.3. The van der Waals surface area contributed by atoms with E-state index in [2.05, 4.69) is 46.7 Å². The van der Waals surface area contributed by atoms with Crippen LogP contribution in [0.3, 0.4) is 0 Å². The summed E-state index contributed by atoms with van der Waals surface area (Å²) in [5, 5.41) is 7.75. The quantitative estimate of drug-likeness (QED) is 0.868. The Morgan fingerprint density at radius 2 is 1.96 bits per heavy atom. The van der Waals surface area contributed by atoms with Crippen LogP contribution in [0.1, 0.15) is 52.3 Å². The van der Waals surface area contributed by atoms with E-state index in [1.54, 1.807) is 11.3 Å². The van der Waals surface area contributed by atoms with Gasteiger partial charge in [-0.1, -0.05) is 25.5 Å². The maximum Gasteiger partial charge on any atom is 0.256 e. The summed E-state index contributed by atoms with van der Waals surface area (Å²) in [6.07, 6.45) is 4.44. The third kappa shape index (κ3) is 2.91. The molecule has 2 N–H and O–H groups in total. The Balaban J connectivity index is 1.61. The Labute approximate surface area is 153 Å². The molecule has 2 atom stereocenters. The van der Waals surface area contributed by atoms with Crippen molar-refractivity contribution < 1.29 is 4.79 Å². The van der Waals surface area contributed by atoms with Crippen molar-refractivity contribution in [2.75, 3.05) is 24.3 Å². The molecule has 5 heteroatoms. The van der Waals surface area contributed by atoms with Gasteiger partial charge in [-0.2, -0.15) is 0 Å². The minimum atomic E-state index is -0.154. The van der Waals surface area contributed by atoms with Crippen molar-refractivity contribution in [3.8, 4) is 0 Å². The highest BCUT2D eigenvalue weighted by molar-refractivity contribution is 7.16. The van der Waals surface area contributed by atoms with Gasteiger partial charge in [0, 0.05) is 24.7 Å². The second-order valence-electron chi connectivity index (χ2n) is 7.26. The number of hydrogen-bond acceptors (Lipinski definition) is 4. The number of nitrogens with zero attached hydrogens (tertiary/aromatic N) is 1. The van der Waals surface area contributed by atoms with E-state index < -0.39 is 0 Å². The first kappa shape index (κ1) is 16.5. The van der Waals surface area contributed by atoms with E-state index in [0.717, 1.165) is 40.6 Å². The van der Waals surface area contributed by atoms with Gasteiger partial charge in [-0.05, 0) is 48.4 Å². The molecule has 0 spiro atoms. The average molecular weight is 356 g/mol. The van der Waals surface area contributed by atoms with Gasteiger partial charge in [0.2, 0.25) is 0 Å². The van der Waals surface area contributed by atoms with Gasteiger partial charge in [-0.3, -0.25) is 4.79 Å². The summed E-state index contributed by atoms with van der Waals surface area (Å²) < 4.78 is 0. The number of hydrogen-bond donors (Lipinski definition) is 2. The Kier molecular flexibility index (Phi) is 4.20. The summed E-state index contributed by atoms with van der Waals surface area (Å²) >= 11 is 1.79. The van der Waals surface area contributed by atoms with Crippen LogP contribution >= 0.6 is 11.3 Å². The number of amides is 1. The fourth-order valence-corrected chi connectivity index (χ4v) is 5.23. The van der Waals surface area contributed by atoms with Crippen LogP contribution in [-0.2, 0) is 12.8 Å². The number of fused-ring (bicyclic) bond motifs is 3. The summed E-state index contributed by atoms with van der Waals surface area (Å²) in [5.74, 6) is 0.841. The second-order valence-corrected chi connectivity index (χ2v) is 8.37. The van der Waals surface area contributed by atoms with E-state index >= 15 is 0 Å². The Bertz CT molecular complexity index is 794. The van der Waals surface area contributed by atoms with Crippen LogP contribution < -0.4 is 15.5 Å². The highest BCUT2D eigenvalue weighted by Gasteiger charge is 2.33. The number of carbonyl (C=O) groups excluding carboxylic acids is 1. The lowest BCUT2D eigenvalue weighted by Gasteiger charge is -2.27. The normalized spacial score (nSPS) is 21.8. The lowest BCUT2D eigenvalue weighted by Crippen LogP contribution is -2.38. The van der Waals surface area contributed by atoms with Crippen molar-refractivity contribution in [3.05, 3.63) is 45.8 Å². The standard InChI is InChI=1S/C20H25N3OS/c1-4-12-5-10-15-16(11-12)25-20-17(15)19(24)21-18(22-20)13-6-8-14(9-7-13)23(2)3/h6-9,12,18,22H,4-5,10-11H2,1-3H3,(H,21,24)/t12-,18+/m1/s1. The van der Waals surface area contributed by atoms with Gasteiger partial charge in [-0.15, -0.1) is 11.3 Å². The monoisotopic (exact) mass is 355 g/mol. The van der Waals surface area contributed by atoms with Crippen LogP contribution in [0.2, 0.25) is 0 Å². The number of nitrogens with one attached hydrogen (secondary N) is 2. The van der Waals surface area contributed by atoms with Crippen LogP contribution in [0.15, 0.2) is 24.3 Å². The molecule has 0 saturated heterocycles. The van der Waals surface area contributed by atoms with Gasteiger partial charge in [0.05, 0.1) is 5.56 Å². The molecule has 2 aliphatic rings. The Morgan fingerprint density at radius 3 is 2.64 bits per heavy atom. The van der Waals surface area contributed by atoms with Gasteiger partial charge in [0.15, 0.2) is 0 Å². The fourth-order valence-electron chi connectivity index (χ4n) is 3.85. The molecule has 4 nitrogen and oxygen atoms in total. The second kappa shape index (κ2) is 6.37. The molecule has 0 fully saturated rings. The fraction of sp³-hybridized carbons (Fsp3) is 0.450.